The van der Waals surface area contributed by atoms with Gasteiger partial charge in [-0.3, -0.25) is 4.79 Å². The number of hydrogen-bond donors (Lipinski definition) is 0. The Morgan fingerprint density at radius 2 is 1.47 bits per heavy atom. The molecule has 0 spiro atoms. The molecular weight excluding hydrogens is 239 g/mol. The average molecular weight is 256 g/mol. The van der Waals surface area contributed by atoms with E-state index in [0.717, 1.165) is 22.3 Å². The van der Waals surface area contributed by atoms with Crippen LogP contribution in [0.4, 0.5) is 4.39 Å². The Hall–Kier alpha value is -1.96. The summed E-state index contributed by atoms with van der Waals surface area (Å²) >= 11 is 0. The van der Waals surface area contributed by atoms with Gasteiger partial charge in [0, 0.05) is 12.0 Å². The number of aryl methyl sites for hydroxylation is 3. The van der Waals surface area contributed by atoms with Crippen LogP contribution in [0, 0.1) is 26.6 Å². The first-order valence-electron chi connectivity index (χ1n) is 6.31. The molecule has 0 unspecified atom stereocenters. The lowest BCUT2D eigenvalue weighted by molar-refractivity contribution is 0.0992. The van der Waals surface area contributed by atoms with Crippen LogP contribution in [-0.4, -0.2) is 5.78 Å². The Balaban J connectivity index is 2.25. The lowest BCUT2D eigenvalue weighted by Gasteiger charge is -2.06. The van der Waals surface area contributed by atoms with Crippen molar-refractivity contribution in [2.75, 3.05) is 0 Å². The minimum absolute atomic E-state index is 0.0485. The topological polar surface area (TPSA) is 17.1 Å². The van der Waals surface area contributed by atoms with Gasteiger partial charge in [0.2, 0.25) is 0 Å². The summed E-state index contributed by atoms with van der Waals surface area (Å²) in [7, 11) is 0. The van der Waals surface area contributed by atoms with E-state index in [0.29, 0.717) is 12.0 Å². The molecular formula is C17H17FO. The summed E-state index contributed by atoms with van der Waals surface area (Å²) in [5.74, 6) is -0.406. The minimum Gasteiger partial charge on any atom is -0.294 e. The van der Waals surface area contributed by atoms with Crippen molar-refractivity contribution in [3.05, 3.63) is 70.0 Å². The smallest absolute Gasteiger partial charge is 0.167 e. The van der Waals surface area contributed by atoms with Gasteiger partial charge in [0.05, 0.1) is 0 Å². The zero-order chi connectivity index (χ0) is 14.0. The Morgan fingerprint density at radius 1 is 0.895 bits per heavy atom. The first-order valence-corrected chi connectivity index (χ1v) is 6.31. The second-order valence-electron chi connectivity index (χ2n) is 5.11. The molecule has 0 heterocycles. The Morgan fingerprint density at radius 3 is 2.05 bits per heavy atom. The lowest BCUT2D eigenvalue weighted by atomic mass is 9.99. The van der Waals surface area contributed by atoms with Gasteiger partial charge in [0.1, 0.15) is 5.82 Å². The van der Waals surface area contributed by atoms with Crippen LogP contribution in [0.1, 0.15) is 32.6 Å². The SMILES string of the molecule is Cc1cc(C)cc(CC(=O)c2cc(C)cc(F)c2)c1. The van der Waals surface area contributed by atoms with Gasteiger partial charge < -0.3 is 0 Å². The summed E-state index contributed by atoms with van der Waals surface area (Å²) in [5, 5.41) is 0. The van der Waals surface area contributed by atoms with E-state index in [2.05, 4.69) is 6.07 Å². The maximum absolute atomic E-state index is 13.3. The molecule has 0 atom stereocenters. The van der Waals surface area contributed by atoms with Crippen molar-refractivity contribution in [1.82, 2.24) is 0 Å². The summed E-state index contributed by atoms with van der Waals surface area (Å²) in [5.41, 5.74) is 4.46. The van der Waals surface area contributed by atoms with E-state index in [-0.39, 0.29) is 11.6 Å². The molecule has 2 aromatic rings. The van der Waals surface area contributed by atoms with Crippen molar-refractivity contribution in [3.8, 4) is 0 Å². The molecule has 2 rings (SSSR count). The highest BCUT2D eigenvalue weighted by molar-refractivity contribution is 5.97. The van der Waals surface area contributed by atoms with Crippen molar-refractivity contribution >= 4 is 5.78 Å². The molecule has 0 saturated carbocycles. The predicted octanol–water partition coefficient (Wildman–Crippen LogP) is 4.18. The minimum atomic E-state index is -0.358. The van der Waals surface area contributed by atoms with Crippen LogP contribution in [0.25, 0.3) is 0 Å². The molecule has 19 heavy (non-hydrogen) atoms. The molecule has 0 bridgehead atoms. The second-order valence-corrected chi connectivity index (χ2v) is 5.11. The number of halogens is 1. The van der Waals surface area contributed by atoms with Crippen LogP contribution in [0.3, 0.4) is 0 Å². The number of rotatable bonds is 3. The fourth-order valence-electron chi connectivity index (χ4n) is 2.36. The molecule has 0 saturated heterocycles. The average Bonchev–Trinajstić information content (AvgIpc) is 2.25. The molecule has 1 nitrogen and oxygen atoms in total. The molecule has 0 N–H and O–H groups in total. The third-order valence-electron chi connectivity index (χ3n) is 3.01. The van der Waals surface area contributed by atoms with E-state index in [1.807, 2.05) is 26.0 Å². The lowest BCUT2D eigenvalue weighted by Crippen LogP contribution is -2.05. The Labute approximate surface area is 113 Å². The Bertz CT molecular complexity index is 589. The fraction of sp³-hybridized carbons (Fsp3) is 0.235. The first kappa shape index (κ1) is 13.5. The van der Waals surface area contributed by atoms with Crippen LogP contribution in [0.15, 0.2) is 36.4 Å². The second kappa shape index (κ2) is 5.35. The number of carbonyl (C=O) groups is 1. The summed E-state index contributed by atoms with van der Waals surface area (Å²) in [4.78, 5) is 12.2. The maximum Gasteiger partial charge on any atom is 0.167 e. The van der Waals surface area contributed by atoms with Crippen LogP contribution in [-0.2, 0) is 6.42 Å². The molecule has 0 fully saturated rings. The van der Waals surface area contributed by atoms with E-state index >= 15 is 0 Å². The van der Waals surface area contributed by atoms with E-state index in [9.17, 15) is 9.18 Å². The van der Waals surface area contributed by atoms with E-state index < -0.39 is 0 Å². The van der Waals surface area contributed by atoms with Crippen molar-refractivity contribution in [2.45, 2.75) is 27.2 Å². The van der Waals surface area contributed by atoms with Gasteiger partial charge in [-0.25, -0.2) is 4.39 Å². The monoisotopic (exact) mass is 256 g/mol. The summed E-state index contributed by atoms with van der Waals surface area (Å²) in [6.07, 6.45) is 0.311. The largest absolute Gasteiger partial charge is 0.294 e. The fourth-order valence-corrected chi connectivity index (χ4v) is 2.36. The number of Topliss-reactive ketones (excluding diaryl/α,β-unsaturated/α-hetero) is 1. The number of ketones is 1. The van der Waals surface area contributed by atoms with Crippen LogP contribution in [0.2, 0.25) is 0 Å². The van der Waals surface area contributed by atoms with Gasteiger partial charge in [-0.15, -0.1) is 0 Å². The standard InChI is InChI=1S/C17H17FO/c1-11-4-12(2)6-14(5-11)9-17(19)15-7-13(3)8-16(18)10-15/h4-8,10H,9H2,1-3H3. The first-order chi connectivity index (χ1) is 8.94. The highest BCUT2D eigenvalue weighted by Crippen LogP contribution is 2.14. The zero-order valence-corrected chi connectivity index (χ0v) is 11.5. The van der Waals surface area contributed by atoms with Gasteiger partial charge >= 0.3 is 0 Å². The van der Waals surface area contributed by atoms with Crippen LogP contribution >= 0.6 is 0 Å². The van der Waals surface area contributed by atoms with Gasteiger partial charge in [-0.1, -0.05) is 29.3 Å². The number of benzene rings is 2. The molecule has 0 aliphatic rings. The van der Waals surface area contributed by atoms with Crippen molar-refractivity contribution in [1.29, 1.82) is 0 Å². The van der Waals surface area contributed by atoms with Crippen molar-refractivity contribution in [2.24, 2.45) is 0 Å². The van der Waals surface area contributed by atoms with Gasteiger partial charge in [0.15, 0.2) is 5.78 Å². The zero-order valence-electron chi connectivity index (χ0n) is 11.5. The summed E-state index contributed by atoms with van der Waals surface area (Å²) < 4.78 is 13.3. The highest BCUT2D eigenvalue weighted by Gasteiger charge is 2.09. The quantitative estimate of drug-likeness (QED) is 0.753. The molecule has 0 aromatic heterocycles. The summed E-state index contributed by atoms with van der Waals surface area (Å²) in [6.45, 7) is 5.80. The summed E-state index contributed by atoms with van der Waals surface area (Å²) in [6, 6.07) is 10.5. The predicted molar refractivity (Wildman–Crippen MR) is 75.1 cm³/mol. The van der Waals surface area contributed by atoms with Crippen LogP contribution in [0.5, 0.6) is 0 Å². The van der Waals surface area contributed by atoms with Gasteiger partial charge in [0.25, 0.3) is 0 Å². The maximum atomic E-state index is 13.3. The molecule has 0 radical (unpaired) electrons. The molecule has 0 aliphatic carbocycles. The van der Waals surface area contributed by atoms with E-state index in [1.54, 1.807) is 13.0 Å². The number of hydrogen-bond acceptors (Lipinski definition) is 1. The van der Waals surface area contributed by atoms with Crippen molar-refractivity contribution in [3.63, 3.8) is 0 Å². The number of carbonyl (C=O) groups excluding carboxylic acids is 1. The Kier molecular flexibility index (Phi) is 3.79. The highest BCUT2D eigenvalue weighted by atomic mass is 19.1. The van der Waals surface area contributed by atoms with Crippen molar-refractivity contribution < 1.29 is 9.18 Å². The molecule has 98 valence electrons. The van der Waals surface area contributed by atoms with Gasteiger partial charge in [-0.05, 0) is 50.1 Å². The van der Waals surface area contributed by atoms with Crippen LogP contribution < -0.4 is 0 Å². The molecule has 2 aromatic carbocycles. The van der Waals surface area contributed by atoms with E-state index in [4.69, 9.17) is 0 Å². The molecule has 0 aliphatic heterocycles. The van der Waals surface area contributed by atoms with E-state index in [1.165, 1.54) is 12.1 Å². The normalized spacial score (nSPS) is 10.5. The molecule has 0 amide bonds. The van der Waals surface area contributed by atoms with Gasteiger partial charge in [-0.2, -0.15) is 0 Å². The third kappa shape index (κ3) is 3.50. The third-order valence-corrected chi connectivity index (χ3v) is 3.01. The molecule has 2 heteroatoms.